The molecular weight excluding hydrogens is 310 g/mol. The van der Waals surface area contributed by atoms with Crippen LogP contribution in [0.4, 0.5) is 17.1 Å². The van der Waals surface area contributed by atoms with Crippen molar-refractivity contribution in [3.63, 3.8) is 0 Å². The summed E-state index contributed by atoms with van der Waals surface area (Å²) in [6.45, 7) is 0. The average molecular weight is 322 g/mol. The van der Waals surface area contributed by atoms with Crippen molar-refractivity contribution < 1.29 is 14.4 Å². The van der Waals surface area contributed by atoms with Crippen molar-refractivity contribution in [3.8, 4) is 11.5 Å². The number of halogens is 1. The third-order valence-corrected chi connectivity index (χ3v) is 3.02. The molecule has 0 aromatic heterocycles. The molecule has 2 aromatic rings. The molecule has 8 heteroatoms. The lowest BCUT2D eigenvalue weighted by Crippen LogP contribution is -1.88. The summed E-state index contributed by atoms with van der Waals surface area (Å²) < 4.78 is 10.3. The van der Waals surface area contributed by atoms with E-state index in [9.17, 15) is 10.1 Å². The van der Waals surface area contributed by atoms with Gasteiger partial charge in [0.1, 0.15) is 17.2 Å². The lowest BCUT2D eigenvalue weighted by atomic mass is 10.2. The molecule has 0 fully saturated rings. The van der Waals surface area contributed by atoms with Gasteiger partial charge in [0.25, 0.3) is 5.69 Å². The molecule has 114 valence electrons. The number of methoxy groups -OCH3 is 2. The minimum atomic E-state index is -0.564. The molecule has 0 spiro atoms. The van der Waals surface area contributed by atoms with Crippen LogP contribution in [0.2, 0.25) is 5.02 Å². The van der Waals surface area contributed by atoms with Crippen molar-refractivity contribution in [2.45, 2.75) is 0 Å². The first-order chi connectivity index (χ1) is 10.5. The summed E-state index contributed by atoms with van der Waals surface area (Å²) in [5, 5.41) is 19.2. The zero-order valence-corrected chi connectivity index (χ0v) is 12.6. The molecule has 0 atom stereocenters. The van der Waals surface area contributed by atoms with E-state index >= 15 is 0 Å². The quantitative estimate of drug-likeness (QED) is 0.454. The van der Waals surface area contributed by atoms with Gasteiger partial charge in [-0.3, -0.25) is 10.1 Å². The SMILES string of the molecule is COc1ccc(/N=N/c2ccc(Cl)cc2[N+](=O)[O-])c(OC)c1. The number of azo groups is 1. The molecule has 2 aromatic carbocycles. The largest absolute Gasteiger partial charge is 0.497 e. The Morgan fingerprint density at radius 2 is 1.73 bits per heavy atom. The number of hydrogen-bond acceptors (Lipinski definition) is 6. The number of nitrogens with zero attached hydrogens (tertiary/aromatic N) is 3. The predicted octanol–water partition coefficient (Wildman–Crippen LogP) is 4.68. The van der Waals surface area contributed by atoms with Gasteiger partial charge in [0.15, 0.2) is 5.69 Å². The van der Waals surface area contributed by atoms with Gasteiger partial charge in [-0.05, 0) is 24.3 Å². The minimum Gasteiger partial charge on any atom is -0.497 e. The predicted molar refractivity (Wildman–Crippen MR) is 81.8 cm³/mol. The molecular formula is C14H12ClN3O4. The van der Waals surface area contributed by atoms with Gasteiger partial charge in [-0.25, -0.2) is 0 Å². The fourth-order valence-electron chi connectivity index (χ4n) is 1.70. The zero-order chi connectivity index (χ0) is 16.1. The van der Waals surface area contributed by atoms with Crippen LogP contribution in [0.15, 0.2) is 46.6 Å². The maximum atomic E-state index is 11.0. The van der Waals surface area contributed by atoms with Crippen LogP contribution in [0, 0.1) is 10.1 Å². The van der Waals surface area contributed by atoms with E-state index < -0.39 is 4.92 Å². The molecule has 0 aliphatic carbocycles. The molecule has 0 radical (unpaired) electrons. The van der Waals surface area contributed by atoms with Gasteiger partial charge in [-0.15, -0.1) is 10.2 Å². The normalized spacial score (nSPS) is 10.7. The summed E-state index contributed by atoms with van der Waals surface area (Å²) >= 11 is 5.75. The Kier molecular flexibility index (Phi) is 4.90. The van der Waals surface area contributed by atoms with Gasteiger partial charge in [0.2, 0.25) is 0 Å². The summed E-state index contributed by atoms with van der Waals surface area (Å²) in [4.78, 5) is 10.4. The number of nitro groups is 1. The van der Waals surface area contributed by atoms with Crippen molar-refractivity contribution in [2.24, 2.45) is 10.2 Å². The van der Waals surface area contributed by atoms with E-state index in [1.807, 2.05) is 0 Å². The molecule has 0 heterocycles. The van der Waals surface area contributed by atoms with Crippen LogP contribution in [0.1, 0.15) is 0 Å². The van der Waals surface area contributed by atoms with Crippen LogP contribution in [-0.2, 0) is 0 Å². The molecule has 7 nitrogen and oxygen atoms in total. The monoisotopic (exact) mass is 321 g/mol. The second-order valence-corrected chi connectivity index (χ2v) is 4.56. The molecule has 0 aliphatic heterocycles. The Balaban J connectivity index is 2.39. The number of rotatable bonds is 5. The zero-order valence-electron chi connectivity index (χ0n) is 11.8. The third-order valence-electron chi connectivity index (χ3n) is 2.79. The molecule has 2 rings (SSSR count). The van der Waals surface area contributed by atoms with Crippen molar-refractivity contribution in [1.82, 2.24) is 0 Å². The lowest BCUT2D eigenvalue weighted by Gasteiger charge is -2.06. The summed E-state index contributed by atoms with van der Waals surface area (Å²) in [7, 11) is 3.02. The van der Waals surface area contributed by atoms with Crippen LogP contribution < -0.4 is 9.47 Å². The number of benzene rings is 2. The van der Waals surface area contributed by atoms with Gasteiger partial charge < -0.3 is 9.47 Å². The van der Waals surface area contributed by atoms with Crippen LogP contribution in [0.5, 0.6) is 11.5 Å². The van der Waals surface area contributed by atoms with E-state index in [2.05, 4.69) is 10.2 Å². The summed E-state index contributed by atoms with van der Waals surface area (Å²) in [5.41, 5.74) is 0.309. The van der Waals surface area contributed by atoms with E-state index in [0.717, 1.165) is 0 Å². The third kappa shape index (κ3) is 3.50. The first-order valence-electron chi connectivity index (χ1n) is 6.13. The van der Waals surface area contributed by atoms with Crippen LogP contribution in [0.3, 0.4) is 0 Å². The van der Waals surface area contributed by atoms with Crippen LogP contribution in [0.25, 0.3) is 0 Å². The maximum Gasteiger partial charge on any atom is 0.298 e. The highest BCUT2D eigenvalue weighted by atomic mass is 35.5. The van der Waals surface area contributed by atoms with Gasteiger partial charge in [0, 0.05) is 17.2 Å². The molecule has 0 amide bonds. The highest BCUT2D eigenvalue weighted by Gasteiger charge is 2.14. The van der Waals surface area contributed by atoms with E-state index in [-0.39, 0.29) is 16.4 Å². The molecule has 0 bridgehead atoms. The first-order valence-corrected chi connectivity index (χ1v) is 6.50. The summed E-state index contributed by atoms with van der Waals surface area (Å²) in [5.74, 6) is 1.05. The smallest absolute Gasteiger partial charge is 0.298 e. The number of ether oxygens (including phenoxy) is 2. The number of hydrogen-bond donors (Lipinski definition) is 0. The van der Waals surface area contributed by atoms with Crippen molar-refractivity contribution in [3.05, 3.63) is 51.5 Å². The van der Waals surface area contributed by atoms with Crippen molar-refractivity contribution in [2.75, 3.05) is 14.2 Å². The molecule has 22 heavy (non-hydrogen) atoms. The Bertz CT molecular complexity index is 734. The van der Waals surface area contributed by atoms with Gasteiger partial charge in [0.05, 0.1) is 19.1 Å². The standard InChI is InChI=1S/C14H12ClN3O4/c1-21-10-4-6-12(14(8-10)22-2)17-16-11-5-3-9(15)7-13(11)18(19)20/h3-8H,1-2H3/b17-16+. The first kappa shape index (κ1) is 15.7. The Morgan fingerprint density at radius 1 is 1.05 bits per heavy atom. The fraction of sp³-hybridized carbons (Fsp3) is 0.143. The number of nitro benzene ring substituents is 1. The second kappa shape index (κ2) is 6.86. The highest BCUT2D eigenvalue weighted by Crippen LogP contribution is 2.35. The molecule has 0 saturated carbocycles. The average Bonchev–Trinajstić information content (AvgIpc) is 2.53. The van der Waals surface area contributed by atoms with E-state index in [0.29, 0.717) is 17.2 Å². The molecule has 0 aliphatic rings. The van der Waals surface area contributed by atoms with Gasteiger partial charge in [-0.1, -0.05) is 11.6 Å². The summed E-state index contributed by atoms with van der Waals surface area (Å²) in [6.07, 6.45) is 0. The van der Waals surface area contributed by atoms with Crippen LogP contribution in [-0.4, -0.2) is 19.1 Å². The fourth-order valence-corrected chi connectivity index (χ4v) is 1.87. The molecule has 0 N–H and O–H groups in total. The van der Waals surface area contributed by atoms with E-state index in [4.69, 9.17) is 21.1 Å². The molecule has 0 unspecified atom stereocenters. The Hall–Kier alpha value is -2.67. The van der Waals surface area contributed by atoms with Crippen molar-refractivity contribution >= 4 is 28.7 Å². The molecule has 0 saturated heterocycles. The highest BCUT2D eigenvalue weighted by molar-refractivity contribution is 6.30. The topological polar surface area (TPSA) is 86.3 Å². The lowest BCUT2D eigenvalue weighted by molar-refractivity contribution is -0.384. The minimum absolute atomic E-state index is 0.104. The van der Waals surface area contributed by atoms with Gasteiger partial charge in [-0.2, -0.15) is 0 Å². The Labute approximate surface area is 131 Å². The van der Waals surface area contributed by atoms with Gasteiger partial charge >= 0.3 is 0 Å². The van der Waals surface area contributed by atoms with Crippen LogP contribution >= 0.6 is 11.6 Å². The second-order valence-electron chi connectivity index (χ2n) is 4.13. The van der Waals surface area contributed by atoms with E-state index in [1.54, 1.807) is 18.2 Å². The Morgan fingerprint density at radius 3 is 2.36 bits per heavy atom. The van der Waals surface area contributed by atoms with E-state index in [1.165, 1.54) is 32.4 Å². The van der Waals surface area contributed by atoms with Crippen molar-refractivity contribution in [1.29, 1.82) is 0 Å². The maximum absolute atomic E-state index is 11.0. The summed E-state index contributed by atoms with van der Waals surface area (Å²) in [6, 6.07) is 9.13.